The molecule has 0 atom stereocenters. The molecular formula is C14H28N2O2. The van der Waals surface area contributed by atoms with Crippen LogP contribution in [0.4, 0.5) is 0 Å². The number of hydrogen-bond acceptors (Lipinski definition) is 3. The molecule has 0 bridgehead atoms. The van der Waals surface area contributed by atoms with Crippen LogP contribution >= 0.6 is 0 Å². The third-order valence-electron chi connectivity index (χ3n) is 3.91. The predicted molar refractivity (Wildman–Crippen MR) is 73.1 cm³/mol. The van der Waals surface area contributed by atoms with E-state index in [1.807, 2.05) is 0 Å². The first-order valence-corrected chi connectivity index (χ1v) is 7.10. The Hall–Kier alpha value is -0.610. The van der Waals surface area contributed by atoms with E-state index in [1.54, 1.807) is 0 Å². The Labute approximate surface area is 110 Å². The second kappa shape index (κ2) is 7.10. The topological polar surface area (TPSA) is 75.4 Å². The number of nitrogens with one attached hydrogen (secondary N) is 1. The zero-order valence-electron chi connectivity index (χ0n) is 11.7. The van der Waals surface area contributed by atoms with E-state index in [0.29, 0.717) is 13.0 Å². The molecule has 0 spiro atoms. The maximum atomic E-state index is 11.8. The number of carbonyl (C=O) groups is 1. The van der Waals surface area contributed by atoms with Gasteiger partial charge in [-0.25, -0.2) is 0 Å². The molecule has 18 heavy (non-hydrogen) atoms. The number of nitrogens with two attached hydrogens (primary N) is 1. The summed E-state index contributed by atoms with van der Waals surface area (Å²) in [6, 6.07) is 0.263. The Balaban J connectivity index is 2.21. The average molecular weight is 256 g/mol. The molecule has 4 nitrogen and oxygen atoms in total. The minimum atomic E-state index is -0.165. The Morgan fingerprint density at radius 1 is 1.28 bits per heavy atom. The van der Waals surface area contributed by atoms with Crippen LogP contribution in [0.2, 0.25) is 0 Å². The molecule has 0 unspecified atom stereocenters. The van der Waals surface area contributed by atoms with E-state index in [-0.39, 0.29) is 23.5 Å². The van der Waals surface area contributed by atoms with Gasteiger partial charge in [0.1, 0.15) is 0 Å². The van der Waals surface area contributed by atoms with E-state index in [2.05, 4.69) is 19.2 Å². The van der Waals surface area contributed by atoms with Crippen LogP contribution in [-0.4, -0.2) is 29.7 Å². The van der Waals surface area contributed by atoms with Gasteiger partial charge >= 0.3 is 0 Å². The Morgan fingerprint density at radius 3 is 2.44 bits per heavy atom. The van der Waals surface area contributed by atoms with Gasteiger partial charge in [-0.2, -0.15) is 0 Å². The highest BCUT2D eigenvalue weighted by atomic mass is 16.3. The van der Waals surface area contributed by atoms with Crippen molar-refractivity contribution in [1.82, 2.24) is 5.32 Å². The highest BCUT2D eigenvalue weighted by Gasteiger charge is 2.22. The second-order valence-electron chi connectivity index (χ2n) is 6.28. The fourth-order valence-electron chi connectivity index (χ4n) is 2.49. The zero-order chi connectivity index (χ0) is 13.6. The molecule has 1 aliphatic rings. The molecule has 0 aromatic rings. The minimum Gasteiger partial charge on any atom is -0.393 e. The first-order chi connectivity index (χ1) is 8.43. The largest absolute Gasteiger partial charge is 0.393 e. The number of amides is 1. The summed E-state index contributed by atoms with van der Waals surface area (Å²) in [6.45, 7) is 4.99. The van der Waals surface area contributed by atoms with E-state index in [0.717, 1.165) is 38.5 Å². The van der Waals surface area contributed by atoms with Crippen molar-refractivity contribution < 1.29 is 9.90 Å². The average Bonchev–Trinajstić information content (AvgIpc) is 2.30. The third-order valence-corrected chi connectivity index (χ3v) is 3.91. The molecule has 0 heterocycles. The number of hydrogen-bond donors (Lipinski definition) is 3. The molecule has 0 aliphatic heterocycles. The summed E-state index contributed by atoms with van der Waals surface area (Å²) in [4.78, 5) is 11.8. The smallest absolute Gasteiger partial charge is 0.220 e. The molecule has 0 saturated heterocycles. The normalized spacial score (nSPS) is 24.9. The number of aliphatic hydroxyl groups is 1. The summed E-state index contributed by atoms with van der Waals surface area (Å²) in [5.74, 6) is 0.140. The maximum absolute atomic E-state index is 11.8. The van der Waals surface area contributed by atoms with Crippen LogP contribution in [0.5, 0.6) is 0 Å². The van der Waals surface area contributed by atoms with Gasteiger partial charge in [-0.1, -0.05) is 13.8 Å². The zero-order valence-corrected chi connectivity index (χ0v) is 11.7. The molecule has 1 amide bonds. The molecule has 0 aromatic heterocycles. The van der Waals surface area contributed by atoms with Crippen LogP contribution < -0.4 is 11.1 Å². The first-order valence-electron chi connectivity index (χ1n) is 7.10. The second-order valence-corrected chi connectivity index (χ2v) is 6.28. The van der Waals surface area contributed by atoms with E-state index >= 15 is 0 Å². The lowest BCUT2D eigenvalue weighted by Gasteiger charge is -2.27. The van der Waals surface area contributed by atoms with Gasteiger partial charge in [0.2, 0.25) is 5.91 Å². The standard InChI is InChI=1S/C14H28N2O2/c1-14(2,9-10-15)8-7-13(18)16-11-3-5-12(17)6-4-11/h11-12,17H,3-10,15H2,1-2H3,(H,16,18). The maximum Gasteiger partial charge on any atom is 0.220 e. The third kappa shape index (κ3) is 5.83. The van der Waals surface area contributed by atoms with Crippen LogP contribution in [0, 0.1) is 5.41 Å². The van der Waals surface area contributed by atoms with Crippen molar-refractivity contribution in [2.75, 3.05) is 6.54 Å². The van der Waals surface area contributed by atoms with Crippen molar-refractivity contribution in [3.63, 3.8) is 0 Å². The monoisotopic (exact) mass is 256 g/mol. The Kier molecular flexibility index (Phi) is 6.09. The van der Waals surface area contributed by atoms with E-state index in [1.165, 1.54) is 0 Å². The minimum absolute atomic E-state index is 0.140. The molecule has 0 radical (unpaired) electrons. The van der Waals surface area contributed by atoms with Gasteiger partial charge in [0.05, 0.1) is 6.10 Å². The van der Waals surface area contributed by atoms with Crippen molar-refractivity contribution in [2.45, 2.75) is 70.9 Å². The Morgan fingerprint density at radius 2 is 1.89 bits per heavy atom. The van der Waals surface area contributed by atoms with Crippen molar-refractivity contribution in [2.24, 2.45) is 11.1 Å². The summed E-state index contributed by atoms with van der Waals surface area (Å²) in [6.07, 6.45) is 5.67. The van der Waals surface area contributed by atoms with E-state index in [9.17, 15) is 9.90 Å². The van der Waals surface area contributed by atoms with Crippen molar-refractivity contribution in [3.8, 4) is 0 Å². The van der Waals surface area contributed by atoms with Crippen LogP contribution in [0.1, 0.15) is 58.8 Å². The van der Waals surface area contributed by atoms with Crippen LogP contribution in [0.15, 0.2) is 0 Å². The molecule has 0 aromatic carbocycles. The molecule has 1 fully saturated rings. The molecule has 4 heteroatoms. The Bertz CT molecular complexity index is 259. The summed E-state index contributed by atoms with van der Waals surface area (Å²) in [5.41, 5.74) is 5.71. The summed E-state index contributed by atoms with van der Waals surface area (Å²) in [7, 11) is 0. The molecule has 1 aliphatic carbocycles. The van der Waals surface area contributed by atoms with Gasteiger partial charge in [-0.15, -0.1) is 0 Å². The van der Waals surface area contributed by atoms with Crippen molar-refractivity contribution in [3.05, 3.63) is 0 Å². The molecule has 1 rings (SSSR count). The first kappa shape index (κ1) is 15.4. The highest BCUT2D eigenvalue weighted by Crippen LogP contribution is 2.26. The SMILES string of the molecule is CC(C)(CCN)CCC(=O)NC1CCC(O)CC1. The lowest BCUT2D eigenvalue weighted by molar-refractivity contribution is -0.122. The fraction of sp³-hybridized carbons (Fsp3) is 0.929. The fourth-order valence-corrected chi connectivity index (χ4v) is 2.49. The number of carbonyl (C=O) groups excluding carboxylic acids is 1. The summed E-state index contributed by atoms with van der Waals surface area (Å²) in [5, 5.41) is 12.5. The van der Waals surface area contributed by atoms with E-state index in [4.69, 9.17) is 5.73 Å². The lowest BCUT2D eigenvalue weighted by Crippen LogP contribution is -2.38. The van der Waals surface area contributed by atoms with Crippen LogP contribution in [0.3, 0.4) is 0 Å². The quantitative estimate of drug-likeness (QED) is 0.675. The van der Waals surface area contributed by atoms with Crippen LogP contribution in [-0.2, 0) is 4.79 Å². The van der Waals surface area contributed by atoms with Gasteiger partial charge in [0, 0.05) is 12.5 Å². The highest BCUT2D eigenvalue weighted by molar-refractivity contribution is 5.76. The van der Waals surface area contributed by atoms with Gasteiger partial charge in [0.25, 0.3) is 0 Å². The van der Waals surface area contributed by atoms with E-state index < -0.39 is 0 Å². The summed E-state index contributed by atoms with van der Waals surface area (Å²) >= 11 is 0. The molecule has 4 N–H and O–H groups in total. The van der Waals surface area contributed by atoms with Crippen LogP contribution in [0.25, 0.3) is 0 Å². The predicted octanol–water partition coefficient (Wildman–Crippen LogP) is 1.56. The van der Waals surface area contributed by atoms with Gasteiger partial charge in [-0.3, -0.25) is 4.79 Å². The van der Waals surface area contributed by atoms with Gasteiger partial charge in [-0.05, 0) is 50.5 Å². The van der Waals surface area contributed by atoms with Gasteiger partial charge in [0.15, 0.2) is 0 Å². The summed E-state index contributed by atoms with van der Waals surface area (Å²) < 4.78 is 0. The molecule has 106 valence electrons. The molecule has 1 saturated carbocycles. The number of aliphatic hydroxyl groups excluding tert-OH is 1. The number of rotatable bonds is 6. The van der Waals surface area contributed by atoms with Gasteiger partial charge < -0.3 is 16.2 Å². The molecular weight excluding hydrogens is 228 g/mol. The lowest BCUT2D eigenvalue weighted by atomic mass is 9.84. The van der Waals surface area contributed by atoms with Crippen molar-refractivity contribution >= 4 is 5.91 Å². The van der Waals surface area contributed by atoms with Crippen molar-refractivity contribution in [1.29, 1.82) is 0 Å².